The van der Waals surface area contributed by atoms with E-state index in [0.29, 0.717) is 6.04 Å². The van der Waals surface area contributed by atoms with Crippen molar-refractivity contribution in [3.8, 4) is 0 Å². The predicted octanol–water partition coefficient (Wildman–Crippen LogP) is 12.4. The Kier molecular flexibility index (Phi) is 32.0. The summed E-state index contributed by atoms with van der Waals surface area (Å²) in [6.45, 7) is 4.60. The molecule has 0 rings (SSSR count). The van der Waals surface area contributed by atoms with Gasteiger partial charge in [0.05, 0.1) is 0 Å². The lowest BCUT2D eigenvalue weighted by atomic mass is 10.00. The smallest absolute Gasteiger partial charge is 0.00388 e. The third kappa shape index (κ3) is 31.9. The lowest BCUT2D eigenvalue weighted by Crippen LogP contribution is -2.19. The Morgan fingerprint density at radius 1 is 0.286 bits per heavy atom. The highest BCUT2D eigenvalue weighted by molar-refractivity contribution is 4.62. The molecule has 1 heteroatoms. The molecule has 1 unspecified atom stereocenters. The summed E-state index contributed by atoms with van der Waals surface area (Å²) in [4.78, 5) is 0. The molecule has 0 saturated heterocycles. The van der Waals surface area contributed by atoms with Crippen molar-refractivity contribution in [1.82, 2.24) is 0 Å². The van der Waals surface area contributed by atoms with Gasteiger partial charge in [0.1, 0.15) is 0 Å². The summed E-state index contributed by atoms with van der Waals surface area (Å²) in [5, 5.41) is 0. The van der Waals surface area contributed by atoms with Crippen molar-refractivity contribution in [1.29, 1.82) is 0 Å². The van der Waals surface area contributed by atoms with Crippen molar-refractivity contribution in [2.24, 2.45) is 5.73 Å². The van der Waals surface area contributed by atoms with Gasteiger partial charge in [0.2, 0.25) is 0 Å². The van der Waals surface area contributed by atoms with E-state index in [-0.39, 0.29) is 0 Å². The average molecular weight is 494 g/mol. The molecule has 0 aromatic rings. The minimum Gasteiger partial charge on any atom is -0.328 e. The van der Waals surface area contributed by atoms with Crippen LogP contribution >= 0.6 is 0 Å². The first-order chi connectivity index (χ1) is 17.3. The first-order valence-electron chi connectivity index (χ1n) is 17.1. The molecule has 0 heterocycles. The molecule has 0 radical (unpaired) electrons. The van der Waals surface area contributed by atoms with Crippen LogP contribution in [-0.2, 0) is 0 Å². The molecular weight excluding hydrogens is 422 g/mol. The van der Waals surface area contributed by atoms with Gasteiger partial charge in [-0.3, -0.25) is 0 Å². The van der Waals surface area contributed by atoms with Gasteiger partial charge in [-0.25, -0.2) is 0 Å². The first-order valence-corrected chi connectivity index (χ1v) is 17.1. The van der Waals surface area contributed by atoms with Crippen LogP contribution in [0.5, 0.6) is 0 Å². The van der Waals surface area contributed by atoms with E-state index in [1.165, 1.54) is 199 Å². The van der Waals surface area contributed by atoms with Crippen LogP contribution in [0.2, 0.25) is 0 Å². The van der Waals surface area contributed by atoms with E-state index in [9.17, 15) is 0 Å². The molecule has 0 bridgehead atoms. The van der Waals surface area contributed by atoms with Crippen molar-refractivity contribution in [3.63, 3.8) is 0 Å². The number of rotatable bonds is 31. The fourth-order valence-corrected chi connectivity index (χ4v) is 5.52. The van der Waals surface area contributed by atoms with Crippen LogP contribution < -0.4 is 5.73 Å². The molecule has 0 aromatic heterocycles. The molecule has 0 aliphatic rings. The lowest BCUT2D eigenvalue weighted by molar-refractivity contribution is 0.477. The topological polar surface area (TPSA) is 26.0 Å². The van der Waals surface area contributed by atoms with Crippen LogP contribution in [0.3, 0.4) is 0 Å². The zero-order valence-corrected chi connectivity index (χ0v) is 25.1. The third-order valence-electron chi connectivity index (χ3n) is 8.11. The van der Waals surface area contributed by atoms with Gasteiger partial charge in [-0.05, 0) is 12.8 Å². The van der Waals surface area contributed by atoms with E-state index >= 15 is 0 Å². The molecule has 35 heavy (non-hydrogen) atoms. The van der Waals surface area contributed by atoms with Crippen molar-refractivity contribution in [3.05, 3.63) is 0 Å². The van der Waals surface area contributed by atoms with E-state index in [0.717, 1.165) is 0 Å². The average Bonchev–Trinajstić information content (AvgIpc) is 2.86. The molecule has 0 aliphatic carbocycles. The van der Waals surface area contributed by atoms with Crippen LogP contribution in [0.25, 0.3) is 0 Å². The van der Waals surface area contributed by atoms with Gasteiger partial charge < -0.3 is 5.73 Å². The van der Waals surface area contributed by atoms with Crippen molar-refractivity contribution in [2.75, 3.05) is 0 Å². The largest absolute Gasteiger partial charge is 0.328 e. The van der Waals surface area contributed by atoms with E-state index in [4.69, 9.17) is 5.73 Å². The Bertz CT molecular complexity index is 352. The van der Waals surface area contributed by atoms with Gasteiger partial charge in [-0.2, -0.15) is 0 Å². The number of unbranched alkanes of at least 4 members (excludes halogenated alkanes) is 27. The minimum atomic E-state index is 0.467. The summed E-state index contributed by atoms with van der Waals surface area (Å²) in [7, 11) is 0. The molecular formula is C34H71N. The first kappa shape index (κ1) is 35.0. The lowest BCUT2D eigenvalue weighted by Gasteiger charge is -2.11. The van der Waals surface area contributed by atoms with Crippen LogP contribution in [0.4, 0.5) is 0 Å². The van der Waals surface area contributed by atoms with Crippen molar-refractivity contribution in [2.45, 2.75) is 219 Å². The van der Waals surface area contributed by atoms with E-state index in [1.807, 2.05) is 0 Å². The van der Waals surface area contributed by atoms with Gasteiger partial charge >= 0.3 is 0 Å². The molecule has 1 nitrogen and oxygen atoms in total. The van der Waals surface area contributed by atoms with Crippen LogP contribution in [-0.4, -0.2) is 6.04 Å². The maximum Gasteiger partial charge on any atom is 0.00388 e. The molecule has 0 aliphatic heterocycles. The fourth-order valence-electron chi connectivity index (χ4n) is 5.52. The molecule has 212 valence electrons. The van der Waals surface area contributed by atoms with Crippen LogP contribution in [0.1, 0.15) is 213 Å². The van der Waals surface area contributed by atoms with Gasteiger partial charge in [0, 0.05) is 6.04 Å². The maximum absolute atomic E-state index is 6.37. The molecule has 1 atom stereocenters. The fraction of sp³-hybridized carbons (Fsp3) is 1.00. The standard InChI is InChI=1S/C34H71N/c1-3-5-7-9-11-13-15-17-18-19-21-23-25-27-29-31-33-34(35)32-30-28-26-24-22-20-16-14-12-10-8-6-4-2/h34H,3-33,35H2,1-2H3. The Morgan fingerprint density at radius 2 is 0.457 bits per heavy atom. The summed E-state index contributed by atoms with van der Waals surface area (Å²) in [5.74, 6) is 0. The molecule has 0 spiro atoms. The normalized spacial score (nSPS) is 12.4. The van der Waals surface area contributed by atoms with Crippen LogP contribution in [0, 0.1) is 0 Å². The molecule has 0 saturated carbocycles. The molecule has 0 amide bonds. The van der Waals surface area contributed by atoms with E-state index < -0.39 is 0 Å². The second-order valence-corrected chi connectivity index (χ2v) is 11.9. The Morgan fingerprint density at radius 3 is 0.657 bits per heavy atom. The molecule has 2 N–H and O–H groups in total. The van der Waals surface area contributed by atoms with Crippen molar-refractivity contribution >= 4 is 0 Å². The zero-order chi connectivity index (χ0) is 25.5. The number of hydrogen-bond donors (Lipinski definition) is 1. The highest BCUT2D eigenvalue weighted by atomic mass is 14.6. The Hall–Kier alpha value is -0.0400. The van der Waals surface area contributed by atoms with Gasteiger partial charge in [0.25, 0.3) is 0 Å². The highest BCUT2D eigenvalue weighted by Gasteiger charge is 2.02. The third-order valence-corrected chi connectivity index (χ3v) is 8.11. The number of hydrogen-bond acceptors (Lipinski definition) is 1. The zero-order valence-electron chi connectivity index (χ0n) is 25.1. The second kappa shape index (κ2) is 32.0. The number of nitrogens with two attached hydrogens (primary N) is 1. The van der Waals surface area contributed by atoms with Gasteiger partial charge in [-0.1, -0.05) is 200 Å². The van der Waals surface area contributed by atoms with Gasteiger partial charge in [0.15, 0.2) is 0 Å². The summed E-state index contributed by atoms with van der Waals surface area (Å²) in [5.41, 5.74) is 6.37. The summed E-state index contributed by atoms with van der Waals surface area (Å²) in [6.07, 6.45) is 44.4. The van der Waals surface area contributed by atoms with E-state index in [2.05, 4.69) is 13.8 Å². The predicted molar refractivity (Wildman–Crippen MR) is 162 cm³/mol. The Balaban J connectivity index is 3.13. The van der Waals surface area contributed by atoms with E-state index in [1.54, 1.807) is 0 Å². The van der Waals surface area contributed by atoms with Gasteiger partial charge in [-0.15, -0.1) is 0 Å². The Labute approximate surface area is 224 Å². The van der Waals surface area contributed by atoms with Crippen molar-refractivity contribution < 1.29 is 0 Å². The SMILES string of the molecule is CCCCCCCCCCCCCCCCCCC(N)CCCCCCCCCCCCCCC. The maximum atomic E-state index is 6.37. The highest BCUT2D eigenvalue weighted by Crippen LogP contribution is 2.16. The second-order valence-electron chi connectivity index (χ2n) is 11.9. The molecule has 0 fully saturated rings. The monoisotopic (exact) mass is 494 g/mol. The minimum absolute atomic E-state index is 0.467. The summed E-state index contributed by atoms with van der Waals surface area (Å²) >= 11 is 0. The summed E-state index contributed by atoms with van der Waals surface area (Å²) in [6, 6.07) is 0.467. The van der Waals surface area contributed by atoms with Crippen LogP contribution in [0.15, 0.2) is 0 Å². The molecule has 0 aromatic carbocycles. The summed E-state index contributed by atoms with van der Waals surface area (Å²) < 4.78 is 0. The quantitative estimate of drug-likeness (QED) is 0.0954.